The van der Waals surface area contributed by atoms with E-state index in [0.717, 1.165) is 29.5 Å². The van der Waals surface area contributed by atoms with Crippen LogP contribution in [0.5, 0.6) is 5.75 Å². The van der Waals surface area contributed by atoms with E-state index in [-0.39, 0.29) is 5.69 Å². The highest BCUT2D eigenvalue weighted by molar-refractivity contribution is 6.29. The first-order valence-electron chi connectivity index (χ1n) is 7.79. The summed E-state index contributed by atoms with van der Waals surface area (Å²) in [6, 6.07) is 6.48. The van der Waals surface area contributed by atoms with Crippen LogP contribution in [0.4, 0.5) is 5.69 Å². The van der Waals surface area contributed by atoms with Crippen LogP contribution in [0.3, 0.4) is 0 Å². The zero-order valence-corrected chi connectivity index (χ0v) is 15.6. The minimum Gasteiger partial charge on any atom is -0.496 e. The van der Waals surface area contributed by atoms with Crippen LogP contribution in [0, 0.1) is 22.4 Å². The Hall–Kier alpha value is -2.47. The summed E-state index contributed by atoms with van der Waals surface area (Å²) >= 11 is 5.64. The zero-order chi connectivity index (χ0) is 19.0. The second kappa shape index (κ2) is 9.74. The van der Waals surface area contributed by atoms with Gasteiger partial charge in [0.1, 0.15) is 10.9 Å². The summed E-state index contributed by atoms with van der Waals surface area (Å²) in [5, 5.41) is 18.3. The monoisotopic (exact) mass is 363 g/mol. The van der Waals surface area contributed by atoms with Gasteiger partial charge in [0.25, 0.3) is 5.69 Å². The van der Waals surface area contributed by atoms with E-state index in [9.17, 15) is 10.1 Å². The molecule has 0 saturated heterocycles. The molecular weight excluding hydrogens is 342 g/mol. The van der Waals surface area contributed by atoms with E-state index in [0.29, 0.717) is 16.6 Å². The summed E-state index contributed by atoms with van der Waals surface area (Å²) in [7, 11) is 1.53. The normalized spacial score (nSPS) is 9.80. The van der Waals surface area contributed by atoms with Crippen molar-refractivity contribution < 1.29 is 9.66 Å². The maximum Gasteiger partial charge on any atom is 0.273 e. The molecule has 0 bridgehead atoms. The molecule has 0 aliphatic rings. The number of aryl methyl sites for hydroxylation is 2. The number of hydrogen-bond donors (Lipinski definition) is 1. The lowest BCUT2D eigenvalue weighted by Gasteiger charge is -2.06. The predicted molar refractivity (Wildman–Crippen MR) is 100 cm³/mol. The molecule has 0 amide bonds. The van der Waals surface area contributed by atoms with Gasteiger partial charge in [0.15, 0.2) is 0 Å². The third-order valence-electron chi connectivity index (χ3n) is 3.48. The number of hydrogen-bond acceptors (Lipinski definition) is 5. The molecule has 1 heterocycles. The van der Waals surface area contributed by atoms with Crippen LogP contribution in [0.1, 0.15) is 37.0 Å². The lowest BCUT2D eigenvalue weighted by Crippen LogP contribution is -1.96. The molecule has 2 rings (SSSR count). The number of ether oxygens (including phenoxy) is 1. The van der Waals surface area contributed by atoms with Gasteiger partial charge in [0, 0.05) is 23.5 Å². The van der Waals surface area contributed by atoms with E-state index in [4.69, 9.17) is 21.7 Å². The van der Waals surface area contributed by atoms with E-state index < -0.39 is 4.92 Å². The van der Waals surface area contributed by atoms with Crippen LogP contribution < -0.4 is 4.74 Å². The Morgan fingerprint density at radius 2 is 2.08 bits per heavy atom. The van der Waals surface area contributed by atoms with Crippen molar-refractivity contribution in [3.8, 4) is 5.75 Å². The molecule has 2 aromatic rings. The predicted octanol–water partition coefficient (Wildman–Crippen LogP) is 4.99. The van der Waals surface area contributed by atoms with Crippen molar-refractivity contribution in [2.45, 2.75) is 33.6 Å². The molecule has 0 spiro atoms. The molecule has 1 N–H and O–H groups in total. The molecule has 0 fully saturated rings. The van der Waals surface area contributed by atoms with Crippen LogP contribution >= 0.6 is 11.6 Å². The topological polar surface area (TPSA) is 89.1 Å². The van der Waals surface area contributed by atoms with E-state index in [2.05, 4.69) is 11.9 Å². The molecule has 0 aliphatic heterocycles. The molecule has 1 aromatic heterocycles. The molecule has 25 heavy (non-hydrogen) atoms. The summed E-state index contributed by atoms with van der Waals surface area (Å²) in [5.41, 5.74) is 3.46. The first-order valence-corrected chi connectivity index (χ1v) is 8.16. The fraction of sp³-hybridized carbons (Fsp3) is 0.333. The largest absolute Gasteiger partial charge is 0.496 e. The lowest BCUT2D eigenvalue weighted by atomic mass is 10.1. The molecule has 6 nitrogen and oxygen atoms in total. The van der Waals surface area contributed by atoms with Gasteiger partial charge in [0.05, 0.1) is 18.1 Å². The zero-order valence-electron chi connectivity index (χ0n) is 14.8. The van der Waals surface area contributed by atoms with Crippen LogP contribution in [0.15, 0.2) is 30.5 Å². The number of methoxy groups -OCH3 is 1. The van der Waals surface area contributed by atoms with Crippen molar-refractivity contribution in [2.75, 3.05) is 7.11 Å². The molecule has 7 heteroatoms. The van der Waals surface area contributed by atoms with Crippen molar-refractivity contribution in [1.29, 1.82) is 5.41 Å². The summed E-state index contributed by atoms with van der Waals surface area (Å²) in [5.74, 6) is 0.598. The van der Waals surface area contributed by atoms with Crippen LogP contribution in [0.25, 0.3) is 0 Å². The number of benzene rings is 1. The molecular formula is C18H22ClN3O3. The van der Waals surface area contributed by atoms with Gasteiger partial charge in [-0.25, -0.2) is 4.98 Å². The van der Waals surface area contributed by atoms with Crippen LogP contribution in [0.2, 0.25) is 5.15 Å². The number of nitrogens with zero attached hydrogens (tertiary/aromatic N) is 2. The van der Waals surface area contributed by atoms with Crippen LogP contribution in [-0.4, -0.2) is 22.7 Å². The Morgan fingerprint density at radius 1 is 1.40 bits per heavy atom. The first-order chi connectivity index (χ1) is 11.8. The standard InChI is InChI=1S/C10H13NO3.C8H9ClN2/c1-3-4-8-5-6-9(11(12)13)7-10(8)14-2;1-5-3-8(9)11-4-7(5)6(2)10/h5-7H,3-4H2,1-2H3;3-4,10H,1-2H3. The maximum atomic E-state index is 10.5. The number of nitrogens with one attached hydrogen (secondary N) is 1. The molecule has 0 unspecified atom stereocenters. The molecule has 0 saturated carbocycles. The Balaban J connectivity index is 0.000000257. The number of halogens is 1. The third-order valence-corrected chi connectivity index (χ3v) is 3.69. The Bertz CT molecular complexity index is 763. The maximum absolute atomic E-state index is 10.5. The van der Waals surface area contributed by atoms with Crippen molar-refractivity contribution in [3.63, 3.8) is 0 Å². The minimum atomic E-state index is -0.418. The highest BCUT2D eigenvalue weighted by Crippen LogP contribution is 2.25. The third kappa shape index (κ3) is 6.15. The average molecular weight is 364 g/mol. The SMILES string of the molecule is CC(=N)c1cnc(Cl)cc1C.CCCc1ccc([N+](=O)[O-])cc1OC. The number of non-ortho nitro benzene ring substituents is 1. The van der Waals surface area contributed by atoms with Gasteiger partial charge < -0.3 is 10.1 Å². The summed E-state index contributed by atoms with van der Waals surface area (Å²) in [4.78, 5) is 14.0. The number of rotatable bonds is 5. The summed E-state index contributed by atoms with van der Waals surface area (Å²) in [6.45, 7) is 5.71. The van der Waals surface area contributed by atoms with Gasteiger partial charge >= 0.3 is 0 Å². The number of aromatic nitrogens is 1. The van der Waals surface area contributed by atoms with E-state index in [1.165, 1.54) is 19.2 Å². The van der Waals surface area contributed by atoms with E-state index in [1.54, 1.807) is 25.3 Å². The highest BCUT2D eigenvalue weighted by Gasteiger charge is 2.10. The lowest BCUT2D eigenvalue weighted by molar-refractivity contribution is -0.384. The molecule has 134 valence electrons. The van der Waals surface area contributed by atoms with Gasteiger partial charge in [-0.2, -0.15) is 0 Å². The van der Waals surface area contributed by atoms with Gasteiger partial charge in [-0.05, 0) is 43.5 Å². The fourth-order valence-electron chi connectivity index (χ4n) is 2.24. The molecule has 0 radical (unpaired) electrons. The number of nitro groups is 1. The number of pyridine rings is 1. The van der Waals surface area contributed by atoms with Crippen molar-refractivity contribution >= 4 is 23.0 Å². The number of nitro benzene ring substituents is 1. The van der Waals surface area contributed by atoms with Gasteiger partial charge in [-0.1, -0.05) is 24.9 Å². The smallest absolute Gasteiger partial charge is 0.273 e. The fourth-order valence-corrected chi connectivity index (χ4v) is 2.45. The minimum absolute atomic E-state index is 0.0710. The Morgan fingerprint density at radius 3 is 2.56 bits per heavy atom. The summed E-state index contributed by atoms with van der Waals surface area (Å²) < 4.78 is 5.08. The van der Waals surface area contributed by atoms with E-state index in [1.807, 2.05) is 6.92 Å². The second-order valence-corrected chi connectivity index (χ2v) is 5.84. The van der Waals surface area contributed by atoms with Crippen molar-refractivity contribution in [1.82, 2.24) is 4.98 Å². The molecule has 1 aromatic carbocycles. The van der Waals surface area contributed by atoms with E-state index >= 15 is 0 Å². The van der Waals surface area contributed by atoms with Crippen molar-refractivity contribution in [2.24, 2.45) is 0 Å². The molecule has 0 atom stereocenters. The highest BCUT2D eigenvalue weighted by atomic mass is 35.5. The summed E-state index contributed by atoms with van der Waals surface area (Å²) in [6.07, 6.45) is 3.50. The Kier molecular flexibility index (Phi) is 8.01. The first kappa shape index (κ1) is 20.6. The quantitative estimate of drug-likeness (QED) is 0.351. The second-order valence-electron chi connectivity index (χ2n) is 5.45. The Labute approximate surface area is 152 Å². The van der Waals surface area contributed by atoms with Crippen LogP contribution in [-0.2, 0) is 6.42 Å². The molecule has 0 aliphatic carbocycles. The van der Waals surface area contributed by atoms with Gasteiger partial charge in [-0.3, -0.25) is 10.1 Å². The van der Waals surface area contributed by atoms with Gasteiger partial charge in [-0.15, -0.1) is 0 Å². The van der Waals surface area contributed by atoms with Crippen molar-refractivity contribution in [3.05, 3.63) is 62.4 Å². The van der Waals surface area contributed by atoms with Gasteiger partial charge in [0.2, 0.25) is 0 Å². The average Bonchev–Trinajstić information content (AvgIpc) is 2.55.